The molecule has 1 heterocycles. The highest BCUT2D eigenvalue weighted by Gasteiger charge is 2.71. The number of ether oxygens (including phenoxy) is 1. The van der Waals surface area contributed by atoms with Crippen molar-refractivity contribution in [1.29, 1.82) is 0 Å². The zero-order valence-electron chi connectivity index (χ0n) is 12.6. The first-order valence-electron chi connectivity index (χ1n) is 7.50. The molecule has 0 atom stereocenters. The third kappa shape index (κ3) is 2.32. The van der Waals surface area contributed by atoms with Crippen molar-refractivity contribution >= 4 is 11.9 Å². The van der Waals surface area contributed by atoms with Gasteiger partial charge in [-0.2, -0.15) is 0 Å². The van der Waals surface area contributed by atoms with Gasteiger partial charge in [0.25, 0.3) is 0 Å². The zero-order chi connectivity index (χ0) is 14.6. The van der Waals surface area contributed by atoms with Gasteiger partial charge in [-0.1, -0.05) is 0 Å². The smallest absolute Gasteiger partial charge is 0.408 e. The van der Waals surface area contributed by atoms with Crippen LogP contribution in [0.1, 0.15) is 52.9 Å². The lowest BCUT2D eigenvalue weighted by atomic mass is 9.43. The molecule has 1 saturated heterocycles. The molecule has 1 aliphatic heterocycles. The summed E-state index contributed by atoms with van der Waals surface area (Å²) in [5.41, 5.74) is -0.224. The minimum atomic E-state index is -0.446. The van der Waals surface area contributed by atoms with Crippen LogP contribution >= 0.6 is 0 Å². The Morgan fingerprint density at radius 1 is 1.20 bits per heavy atom. The van der Waals surface area contributed by atoms with E-state index in [-0.39, 0.29) is 17.2 Å². The number of amides is 1. The molecule has 5 heteroatoms. The number of carbonyl (C=O) groups is 2. The monoisotopic (exact) mass is 280 g/mol. The molecular formula is C15H24N2O3. The first kappa shape index (κ1) is 13.9. The normalized spacial score (nSPS) is 36.9. The molecule has 4 rings (SSSR count). The first-order valence-corrected chi connectivity index (χ1v) is 7.50. The summed E-state index contributed by atoms with van der Waals surface area (Å²) in [6.45, 7) is 7.41. The van der Waals surface area contributed by atoms with E-state index >= 15 is 0 Å². The summed E-state index contributed by atoms with van der Waals surface area (Å²) in [5.74, 6) is 0.384. The van der Waals surface area contributed by atoms with Gasteiger partial charge in [-0.15, -0.1) is 0 Å². The molecule has 20 heavy (non-hydrogen) atoms. The molecular weight excluding hydrogens is 256 g/mol. The number of alkyl carbamates (subject to hydrolysis) is 1. The lowest BCUT2D eigenvalue weighted by Gasteiger charge is -2.74. The van der Waals surface area contributed by atoms with E-state index < -0.39 is 5.60 Å². The van der Waals surface area contributed by atoms with Gasteiger partial charge in [0.15, 0.2) is 0 Å². The van der Waals surface area contributed by atoms with Gasteiger partial charge in [-0.3, -0.25) is 9.69 Å². The maximum absolute atomic E-state index is 11.8. The van der Waals surface area contributed by atoms with Gasteiger partial charge in [0, 0.05) is 37.0 Å². The molecule has 0 unspecified atom stereocenters. The predicted molar refractivity (Wildman–Crippen MR) is 74.5 cm³/mol. The molecule has 2 bridgehead atoms. The summed E-state index contributed by atoms with van der Waals surface area (Å²) >= 11 is 0. The fourth-order valence-electron chi connectivity index (χ4n) is 3.95. The molecule has 1 N–H and O–H groups in total. The Bertz CT molecular complexity index is 423. The SMILES string of the molecule is CC(C)(C)OC(=O)NC12CC(N3CCC(=O)CC3)(C1)C2. The number of piperidine rings is 1. The maximum Gasteiger partial charge on any atom is 0.408 e. The lowest BCUT2D eigenvalue weighted by molar-refractivity contribution is -0.181. The second-order valence-corrected chi connectivity index (χ2v) is 7.69. The highest BCUT2D eigenvalue weighted by molar-refractivity contribution is 5.79. The number of carbonyl (C=O) groups excluding carboxylic acids is 2. The Morgan fingerprint density at radius 3 is 2.25 bits per heavy atom. The molecule has 3 aliphatic carbocycles. The summed E-state index contributed by atoms with van der Waals surface area (Å²) in [7, 11) is 0. The average Bonchev–Trinajstić information content (AvgIpc) is 2.20. The number of hydrogen-bond acceptors (Lipinski definition) is 4. The quantitative estimate of drug-likeness (QED) is 0.838. The Balaban J connectivity index is 1.49. The summed E-state index contributed by atoms with van der Waals surface area (Å²) in [6, 6.07) is 0. The van der Waals surface area contributed by atoms with Crippen LogP contribution in [0.25, 0.3) is 0 Å². The number of rotatable bonds is 2. The Labute approximate surface area is 120 Å². The van der Waals surface area contributed by atoms with Crippen LogP contribution in [-0.4, -0.2) is 46.5 Å². The number of nitrogens with zero attached hydrogens (tertiary/aromatic N) is 1. The number of Topliss-reactive ketones (excluding diaryl/α,β-unsaturated/α-hetero) is 1. The van der Waals surface area contributed by atoms with E-state index in [0.29, 0.717) is 18.6 Å². The summed E-state index contributed by atoms with van der Waals surface area (Å²) in [5, 5.41) is 3.03. The van der Waals surface area contributed by atoms with Crippen LogP contribution in [0.2, 0.25) is 0 Å². The van der Waals surface area contributed by atoms with Crippen molar-refractivity contribution < 1.29 is 14.3 Å². The van der Waals surface area contributed by atoms with Crippen LogP contribution in [0.4, 0.5) is 4.79 Å². The molecule has 5 nitrogen and oxygen atoms in total. The van der Waals surface area contributed by atoms with Crippen molar-refractivity contribution in [2.45, 2.75) is 69.6 Å². The molecule has 3 saturated carbocycles. The second-order valence-electron chi connectivity index (χ2n) is 7.69. The molecule has 0 radical (unpaired) electrons. The molecule has 4 aliphatic rings. The van der Waals surface area contributed by atoms with Crippen molar-refractivity contribution in [3.8, 4) is 0 Å². The predicted octanol–water partition coefficient (Wildman–Crippen LogP) is 1.85. The topological polar surface area (TPSA) is 58.6 Å². The van der Waals surface area contributed by atoms with Gasteiger partial charge in [-0.25, -0.2) is 4.79 Å². The van der Waals surface area contributed by atoms with E-state index in [1.165, 1.54) is 0 Å². The number of ketones is 1. The summed E-state index contributed by atoms with van der Waals surface area (Å²) < 4.78 is 5.32. The standard InChI is InChI=1S/C15H24N2O3/c1-13(2,3)20-12(19)16-14-8-15(9-14,10-14)17-6-4-11(18)5-7-17/h4-10H2,1-3H3,(H,16,19). The first-order chi connectivity index (χ1) is 9.22. The van der Waals surface area contributed by atoms with Crippen LogP contribution in [0.3, 0.4) is 0 Å². The highest BCUT2D eigenvalue weighted by atomic mass is 16.6. The number of likely N-dealkylation sites (tertiary alicyclic amines) is 1. The van der Waals surface area contributed by atoms with E-state index in [2.05, 4.69) is 10.2 Å². The van der Waals surface area contributed by atoms with Crippen LogP contribution in [0.5, 0.6) is 0 Å². The molecule has 1 amide bonds. The molecule has 0 aromatic heterocycles. The Morgan fingerprint density at radius 2 is 1.75 bits per heavy atom. The number of hydrogen-bond donors (Lipinski definition) is 1. The third-order valence-electron chi connectivity index (χ3n) is 4.76. The van der Waals surface area contributed by atoms with Gasteiger partial charge < -0.3 is 10.1 Å². The van der Waals surface area contributed by atoms with Gasteiger partial charge >= 0.3 is 6.09 Å². The lowest BCUT2D eigenvalue weighted by Crippen LogP contribution is -2.84. The van der Waals surface area contributed by atoms with Crippen LogP contribution in [-0.2, 0) is 9.53 Å². The van der Waals surface area contributed by atoms with E-state index in [0.717, 1.165) is 32.4 Å². The fourth-order valence-corrected chi connectivity index (χ4v) is 3.95. The fraction of sp³-hybridized carbons (Fsp3) is 0.867. The van der Waals surface area contributed by atoms with Crippen molar-refractivity contribution in [2.24, 2.45) is 0 Å². The van der Waals surface area contributed by atoms with Gasteiger partial charge in [0.1, 0.15) is 11.4 Å². The Hall–Kier alpha value is -1.10. The maximum atomic E-state index is 11.8. The summed E-state index contributed by atoms with van der Waals surface area (Å²) in [4.78, 5) is 25.6. The van der Waals surface area contributed by atoms with Crippen LogP contribution in [0, 0.1) is 0 Å². The van der Waals surface area contributed by atoms with Crippen molar-refractivity contribution in [3.63, 3.8) is 0 Å². The van der Waals surface area contributed by atoms with Crippen molar-refractivity contribution in [1.82, 2.24) is 10.2 Å². The molecule has 4 fully saturated rings. The minimum absolute atomic E-state index is 0.0379. The second kappa shape index (κ2) is 4.20. The summed E-state index contributed by atoms with van der Waals surface area (Å²) in [6.07, 6.45) is 4.09. The third-order valence-corrected chi connectivity index (χ3v) is 4.76. The van der Waals surface area contributed by atoms with Gasteiger partial charge in [0.05, 0.1) is 0 Å². The largest absolute Gasteiger partial charge is 0.444 e. The molecule has 112 valence electrons. The van der Waals surface area contributed by atoms with E-state index in [1.807, 2.05) is 20.8 Å². The highest BCUT2D eigenvalue weighted by Crippen LogP contribution is 2.63. The van der Waals surface area contributed by atoms with Crippen LogP contribution < -0.4 is 5.32 Å². The van der Waals surface area contributed by atoms with Crippen LogP contribution in [0.15, 0.2) is 0 Å². The Kier molecular flexibility index (Phi) is 2.91. The van der Waals surface area contributed by atoms with Gasteiger partial charge in [-0.05, 0) is 40.0 Å². The molecule has 0 aromatic carbocycles. The van der Waals surface area contributed by atoms with E-state index in [4.69, 9.17) is 4.74 Å². The molecule has 0 aromatic rings. The molecule has 0 spiro atoms. The average molecular weight is 280 g/mol. The van der Waals surface area contributed by atoms with Crippen molar-refractivity contribution in [3.05, 3.63) is 0 Å². The van der Waals surface area contributed by atoms with E-state index in [9.17, 15) is 9.59 Å². The van der Waals surface area contributed by atoms with E-state index in [1.54, 1.807) is 0 Å². The van der Waals surface area contributed by atoms with Crippen molar-refractivity contribution in [2.75, 3.05) is 13.1 Å². The number of nitrogens with one attached hydrogen (secondary N) is 1. The van der Waals surface area contributed by atoms with Gasteiger partial charge in [0.2, 0.25) is 0 Å². The minimum Gasteiger partial charge on any atom is -0.444 e. The zero-order valence-corrected chi connectivity index (χ0v) is 12.6.